The molecule has 1 aromatic rings. The van der Waals surface area contributed by atoms with Crippen molar-refractivity contribution in [2.45, 2.75) is 64.0 Å². The van der Waals surface area contributed by atoms with Gasteiger partial charge in [-0.25, -0.2) is 0 Å². The molecule has 0 saturated heterocycles. The summed E-state index contributed by atoms with van der Waals surface area (Å²) >= 11 is 3.71. The van der Waals surface area contributed by atoms with Crippen LogP contribution < -0.4 is 10.6 Å². The van der Waals surface area contributed by atoms with E-state index in [4.69, 9.17) is 5.73 Å². The van der Waals surface area contributed by atoms with Crippen molar-refractivity contribution in [3.8, 4) is 0 Å². The number of nitrogens with zero attached hydrogens (tertiary/aromatic N) is 1. The van der Waals surface area contributed by atoms with Gasteiger partial charge in [-0.15, -0.1) is 0 Å². The Bertz CT molecular complexity index is 427. The van der Waals surface area contributed by atoms with Gasteiger partial charge in [-0.3, -0.25) is 0 Å². The van der Waals surface area contributed by atoms with E-state index >= 15 is 0 Å². The van der Waals surface area contributed by atoms with Crippen molar-refractivity contribution in [1.82, 2.24) is 0 Å². The van der Waals surface area contributed by atoms with Gasteiger partial charge in [-0.2, -0.15) is 0 Å². The average molecular weight is 339 g/mol. The van der Waals surface area contributed by atoms with E-state index in [-0.39, 0.29) is 6.04 Å². The van der Waals surface area contributed by atoms with Crippen LogP contribution in [0.4, 0.5) is 5.69 Å². The third-order valence-electron chi connectivity index (χ3n) is 4.57. The second-order valence-electron chi connectivity index (χ2n) is 6.05. The molecular formula is C17H27BrN2. The van der Waals surface area contributed by atoms with Crippen molar-refractivity contribution in [2.24, 2.45) is 5.73 Å². The molecule has 1 atom stereocenters. The number of nitrogens with two attached hydrogens (primary N) is 1. The Morgan fingerprint density at radius 1 is 1.30 bits per heavy atom. The zero-order valence-corrected chi connectivity index (χ0v) is 14.3. The predicted octanol–water partition coefficient (Wildman–Crippen LogP) is 4.50. The molecule has 2 rings (SSSR count). The summed E-state index contributed by atoms with van der Waals surface area (Å²) in [4.78, 5) is 2.45. The molecule has 0 aliphatic heterocycles. The Morgan fingerprint density at radius 2 is 2.00 bits per heavy atom. The van der Waals surface area contributed by atoms with Crippen LogP contribution in [0.15, 0.2) is 22.7 Å². The number of hydrogen-bond donors (Lipinski definition) is 1. The van der Waals surface area contributed by atoms with E-state index < -0.39 is 0 Å². The van der Waals surface area contributed by atoms with E-state index in [2.05, 4.69) is 53.0 Å². The topological polar surface area (TPSA) is 29.3 Å². The van der Waals surface area contributed by atoms with Gasteiger partial charge in [-0.1, -0.05) is 48.2 Å². The zero-order valence-electron chi connectivity index (χ0n) is 12.7. The Labute approximate surface area is 131 Å². The standard InChI is InChI=1S/C17H27BrN2/c1-3-14(19)11-13-9-10-16(12-17(13)18)20(2)15-7-5-4-6-8-15/h9-10,12,14-15H,3-8,11,19H2,1-2H3. The number of halogens is 1. The fourth-order valence-electron chi connectivity index (χ4n) is 3.03. The van der Waals surface area contributed by atoms with Crippen molar-refractivity contribution in [1.29, 1.82) is 0 Å². The number of benzene rings is 1. The summed E-state index contributed by atoms with van der Waals surface area (Å²) in [6.07, 6.45) is 8.79. The first-order valence-electron chi connectivity index (χ1n) is 7.88. The summed E-state index contributed by atoms with van der Waals surface area (Å²) in [7, 11) is 2.23. The molecule has 1 fully saturated rings. The Hall–Kier alpha value is -0.540. The first kappa shape index (κ1) is 15.8. The number of rotatable bonds is 5. The van der Waals surface area contributed by atoms with E-state index in [1.165, 1.54) is 47.8 Å². The summed E-state index contributed by atoms with van der Waals surface area (Å²) < 4.78 is 1.20. The second-order valence-corrected chi connectivity index (χ2v) is 6.91. The summed E-state index contributed by atoms with van der Waals surface area (Å²) in [5, 5.41) is 0. The first-order chi connectivity index (χ1) is 9.61. The molecule has 1 aromatic carbocycles. The van der Waals surface area contributed by atoms with E-state index in [0.717, 1.165) is 12.8 Å². The van der Waals surface area contributed by atoms with Crippen LogP contribution in [0.3, 0.4) is 0 Å². The van der Waals surface area contributed by atoms with Gasteiger partial charge in [0, 0.05) is 29.3 Å². The van der Waals surface area contributed by atoms with Crippen LogP contribution in [-0.4, -0.2) is 19.1 Å². The Kier molecular flexibility index (Phi) is 5.91. The highest BCUT2D eigenvalue weighted by atomic mass is 79.9. The van der Waals surface area contributed by atoms with Crippen LogP contribution in [0.2, 0.25) is 0 Å². The van der Waals surface area contributed by atoms with Gasteiger partial charge in [0.15, 0.2) is 0 Å². The molecule has 1 saturated carbocycles. The van der Waals surface area contributed by atoms with Crippen LogP contribution in [0.25, 0.3) is 0 Å². The van der Waals surface area contributed by atoms with Gasteiger partial charge < -0.3 is 10.6 Å². The lowest BCUT2D eigenvalue weighted by Crippen LogP contribution is -2.33. The van der Waals surface area contributed by atoms with Crippen LogP contribution in [0.1, 0.15) is 51.0 Å². The second kappa shape index (κ2) is 7.46. The summed E-state index contributed by atoms with van der Waals surface area (Å²) in [5.41, 5.74) is 8.69. The highest BCUT2D eigenvalue weighted by Crippen LogP contribution is 2.29. The first-order valence-corrected chi connectivity index (χ1v) is 8.68. The van der Waals surface area contributed by atoms with Crippen molar-refractivity contribution >= 4 is 21.6 Å². The molecule has 3 heteroatoms. The number of anilines is 1. The van der Waals surface area contributed by atoms with E-state index in [1.807, 2.05) is 0 Å². The Balaban J connectivity index is 2.07. The summed E-state index contributed by atoms with van der Waals surface area (Å²) in [6, 6.07) is 7.70. The minimum absolute atomic E-state index is 0.258. The largest absolute Gasteiger partial charge is 0.372 e. The monoisotopic (exact) mass is 338 g/mol. The molecule has 0 bridgehead atoms. The van der Waals surface area contributed by atoms with Gasteiger partial charge in [0.05, 0.1) is 0 Å². The normalized spacial score (nSPS) is 18.0. The molecule has 1 unspecified atom stereocenters. The third kappa shape index (κ3) is 3.98. The van der Waals surface area contributed by atoms with Crippen LogP contribution in [-0.2, 0) is 6.42 Å². The quantitative estimate of drug-likeness (QED) is 0.856. The molecule has 20 heavy (non-hydrogen) atoms. The van der Waals surface area contributed by atoms with E-state index in [1.54, 1.807) is 0 Å². The summed E-state index contributed by atoms with van der Waals surface area (Å²) in [6.45, 7) is 2.14. The van der Waals surface area contributed by atoms with Crippen molar-refractivity contribution in [3.63, 3.8) is 0 Å². The molecule has 1 aliphatic carbocycles. The molecule has 0 heterocycles. The maximum atomic E-state index is 6.06. The van der Waals surface area contributed by atoms with Gasteiger partial charge in [0.2, 0.25) is 0 Å². The molecule has 0 amide bonds. The van der Waals surface area contributed by atoms with Crippen LogP contribution in [0, 0.1) is 0 Å². The lowest BCUT2D eigenvalue weighted by molar-refractivity contribution is 0.427. The third-order valence-corrected chi connectivity index (χ3v) is 5.31. The van der Waals surface area contributed by atoms with Gasteiger partial charge >= 0.3 is 0 Å². The minimum atomic E-state index is 0.258. The highest BCUT2D eigenvalue weighted by Gasteiger charge is 2.19. The van der Waals surface area contributed by atoms with Gasteiger partial charge in [-0.05, 0) is 43.4 Å². The smallest absolute Gasteiger partial charge is 0.0377 e. The van der Waals surface area contributed by atoms with Crippen LogP contribution >= 0.6 is 15.9 Å². The van der Waals surface area contributed by atoms with Crippen molar-refractivity contribution in [2.75, 3.05) is 11.9 Å². The number of hydrogen-bond acceptors (Lipinski definition) is 2. The minimum Gasteiger partial charge on any atom is -0.372 e. The maximum absolute atomic E-state index is 6.06. The molecule has 0 radical (unpaired) electrons. The lowest BCUT2D eigenvalue weighted by Gasteiger charge is -2.33. The fraction of sp³-hybridized carbons (Fsp3) is 0.647. The zero-order chi connectivity index (χ0) is 14.5. The fourth-order valence-corrected chi connectivity index (χ4v) is 3.56. The van der Waals surface area contributed by atoms with E-state index in [9.17, 15) is 0 Å². The predicted molar refractivity (Wildman–Crippen MR) is 91.4 cm³/mol. The molecule has 2 nitrogen and oxygen atoms in total. The average Bonchev–Trinajstić information content (AvgIpc) is 2.49. The summed E-state index contributed by atoms with van der Waals surface area (Å²) in [5.74, 6) is 0. The molecule has 1 aliphatic rings. The SMILES string of the molecule is CCC(N)Cc1ccc(N(C)C2CCCCC2)cc1Br. The van der Waals surface area contributed by atoms with Crippen LogP contribution in [0.5, 0.6) is 0 Å². The Morgan fingerprint density at radius 3 is 2.60 bits per heavy atom. The van der Waals surface area contributed by atoms with Gasteiger partial charge in [0.1, 0.15) is 0 Å². The molecular weight excluding hydrogens is 312 g/mol. The molecule has 0 spiro atoms. The molecule has 0 aromatic heterocycles. The maximum Gasteiger partial charge on any atom is 0.0377 e. The van der Waals surface area contributed by atoms with Crippen molar-refractivity contribution in [3.05, 3.63) is 28.2 Å². The molecule has 112 valence electrons. The van der Waals surface area contributed by atoms with Gasteiger partial charge in [0.25, 0.3) is 0 Å². The van der Waals surface area contributed by atoms with Crippen molar-refractivity contribution < 1.29 is 0 Å². The molecule has 2 N–H and O–H groups in total. The van der Waals surface area contributed by atoms with E-state index in [0.29, 0.717) is 6.04 Å². The highest BCUT2D eigenvalue weighted by molar-refractivity contribution is 9.10. The lowest BCUT2D eigenvalue weighted by atomic mass is 9.94.